The number of nitrogens with one attached hydrogen (secondary N) is 1. The molecule has 2 heterocycles. The molecule has 1 fully saturated rings. The van der Waals surface area contributed by atoms with Gasteiger partial charge in [-0.05, 0) is 43.7 Å². The molecule has 1 amide bonds. The summed E-state index contributed by atoms with van der Waals surface area (Å²) in [7, 11) is -3.57. The lowest BCUT2D eigenvalue weighted by Crippen LogP contribution is -2.34. The van der Waals surface area contributed by atoms with E-state index in [9.17, 15) is 13.2 Å². The summed E-state index contributed by atoms with van der Waals surface area (Å²) >= 11 is 1.21. The summed E-state index contributed by atoms with van der Waals surface area (Å²) in [5, 5.41) is 0. The first-order valence-corrected chi connectivity index (χ1v) is 9.76. The number of benzene rings is 1. The van der Waals surface area contributed by atoms with Gasteiger partial charge in [0.2, 0.25) is 10.0 Å². The van der Waals surface area contributed by atoms with Crippen LogP contribution in [0.4, 0.5) is 10.5 Å². The maximum absolute atomic E-state index is 12.2. The van der Waals surface area contributed by atoms with Crippen LogP contribution in [0.2, 0.25) is 0 Å². The predicted octanol–water partition coefficient (Wildman–Crippen LogP) is 2.67. The average Bonchev–Trinajstić information content (AvgIpc) is 3.12. The van der Waals surface area contributed by atoms with Gasteiger partial charge < -0.3 is 4.74 Å². The van der Waals surface area contributed by atoms with Crippen molar-refractivity contribution in [1.82, 2.24) is 4.72 Å². The van der Waals surface area contributed by atoms with Gasteiger partial charge in [0.25, 0.3) is 0 Å². The molecule has 0 spiro atoms. The third-order valence-corrected chi connectivity index (χ3v) is 6.59. The Balaban J connectivity index is 1.64. The van der Waals surface area contributed by atoms with E-state index in [0.717, 1.165) is 16.1 Å². The highest BCUT2D eigenvalue weighted by Gasteiger charge is 2.33. The van der Waals surface area contributed by atoms with Crippen molar-refractivity contribution >= 4 is 33.1 Å². The van der Waals surface area contributed by atoms with Gasteiger partial charge in [-0.2, -0.15) is 0 Å². The van der Waals surface area contributed by atoms with Crippen molar-refractivity contribution in [2.75, 3.05) is 18.0 Å². The minimum atomic E-state index is -3.57. The molecule has 1 aliphatic heterocycles. The SMILES string of the molecule is Cc1cccc(N2CC(CNS(=O)(=O)c3ccc(C)s3)OC2=O)c1. The van der Waals surface area contributed by atoms with Crippen LogP contribution in [-0.2, 0) is 14.8 Å². The van der Waals surface area contributed by atoms with Gasteiger partial charge in [-0.15, -0.1) is 11.3 Å². The number of aryl methyl sites for hydroxylation is 2. The quantitative estimate of drug-likeness (QED) is 0.883. The van der Waals surface area contributed by atoms with Crippen LogP contribution < -0.4 is 9.62 Å². The molecule has 24 heavy (non-hydrogen) atoms. The van der Waals surface area contributed by atoms with Crippen LogP contribution in [0.25, 0.3) is 0 Å². The number of nitrogens with zero attached hydrogens (tertiary/aromatic N) is 1. The van der Waals surface area contributed by atoms with Gasteiger partial charge in [0, 0.05) is 17.1 Å². The molecule has 1 aromatic heterocycles. The molecule has 6 nitrogen and oxygen atoms in total. The maximum Gasteiger partial charge on any atom is 0.414 e. The van der Waals surface area contributed by atoms with E-state index in [1.54, 1.807) is 12.1 Å². The average molecular weight is 366 g/mol. The fraction of sp³-hybridized carbons (Fsp3) is 0.312. The zero-order valence-corrected chi connectivity index (χ0v) is 15.0. The van der Waals surface area contributed by atoms with Crippen molar-refractivity contribution in [3.8, 4) is 0 Å². The minimum Gasteiger partial charge on any atom is -0.443 e. The van der Waals surface area contributed by atoms with Crippen molar-refractivity contribution in [2.45, 2.75) is 24.2 Å². The molecule has 1 atom stereocenters. The molecule has 128 valence electrons. The van der Waals surface area contributed by atoms with Gasteiger partial charge >= 0.3 is 6.09 Å². The topological polar surface area (TPSA) is 75.7 Å². The first-order valence-electron chi connectivity index (χ1n) is 7.46. The number of carbonyl (C=O) groups excluding carboxylic acids is 1. The second kappa shape index (κ2) is 6.54. The van der Waals surface area contributed by atoms with Crippen LogP contribution in [0.5, 0.6) is 0 Å². The number of cyclic esters (lactones) is 1. The number of ether oxygens (including phenoxy) is 1. The zero-order chi connectivity index (χ0) is 17.3. The van der Waals surface area contributed by atoms with Gasteiger partial charge in [0.15, 0.2) is 0 Å². The molecule has 0 bridgehead atoms. The van der Waals surface area contributed by atoms with Gasteiger partial charge in [-0.3, -0.25) is 4.90 Å². The normalized spacial score (nSPS) is 18.0. The first kappa shape index (κ1) is 16.9. The van der Waals surface area contributed by atoms with E-state index >= 15 is 0 Å². The lowest BCUT2D eigenvalue weighted by molar-refractivity contribution is 0.143. The van der Waals surface area contributed by atoms with E-state index in [2.05, 4.69) is 4.72 Å². The van der Waals surface area contributed by atoms with Gasteiger partial charge in [-0.1, -0.05) is 12.1 Å². The summed E-state index contributed by atoms with van der Waals surface area (Å²) < 4.78 is 32.5. The number of sulfonamides is 1. The van der Waals surface area contributed by atoms with Gasteiger partial charge in [0.05, 0.1) is 6.54 Å². The molecule has 0 radical (unpaired) electrons. The Morgan fingerprint density at radius 1 is 1.29 bits per heavy atom. The fourth-order valence-electron chi connectivity index (χ4n) is 2.46. The molecule has 1 aliphatic rings. The van der Waals surface area contributed by atoms with Gasteiger partial charge in [-0.25, -0.2) is 17.9 Å². The molecule has 1 N–H and O–H groups in total. The number of anilines is 1. The van der Waals surface area contributed by atoms with Crippen LogP contribution in [0.3, 0.4) is 0 Å². The Hall–Kier alpha value is -1.90. The highest BCUT2D eigenvalue weighted by Crippen LogP contribution is 2.23. The van der Waals surface area contributed by atoms with Crippen molar-refractivity contribution in [2.24, 2.45) is 0 Å². The third kappa shape index (κ3) is 3.61. The van der Waals surface area contributed by atoms with E-state index in [1.807, 2.05) is 38.1 Å². The highest BCUT2D eigenvalue weighted by molar-refractivity contribution is 7.91. The summed E-state index contributed by atoms with van der Waals surface area (Å²) in [5.41, 5.74) is 1.79. The van der Waals surface area contributed by atoms with Crippen LogP contribution in [0.1, 0.15) is 10.4 Å². The number of hydrogen-bond donors (Lipinski definition) is 1. The molecule has 1 aromatic carbocycles. The van der Waals surface area contributed by atoms with E-state index in [-0.39, 0.29) is 10.8 Å². The number of rotatable bonds is 5. The Morgan fingerprint density at radius 3 is 2.75 bits per heavy atom. The maximum atomic E-state index is 12.2. The van der Waals surface area contributed by atoms with E-state index in [0.29, 0.717) is 6.54 Å². The van der Waals surface area contributed by atoms with E-state index in [1.165, 1.54) is 16.2 Å². The molecular weight excluding hydrogens is 348 g/mol. The summed E-state index contributed by atoms with van der Waals surface area (Å²) in [6.07, 6.45) is -0.981. The molecular formula is C16H18N2O4S2. The van der Waals surface area contributed by atoms with Crippen LogP contribution in [0.15, 0.2) is 40.6 Å². The molecule has 0 aliphatic carbocycles. The highest BCUT2D eigenvalue weighted by atomic mass is 32.2. The Kier molecular flexibility index (Phi) is 4.62. The van der Waals surface area contributed by atoms with Crippen molar-refractivity contribution < 1.29 is 17.9 Å². The second-order valence-electron chi connectivity index (χ2n) is 5.67. The molecule has 1 saturated heterocycles. The van der Waals surface area contributed by atoms with Crippen LogP contribution >= 0.6 is 11.3 Å². The summed E-state index contributed by atoms with van der Waals surface area (Å²) in [5.74, 6) is 0. The first-order chi connectivity index (χ1) is 11.3. The standard InChI is InChI=1S/C16H18N2O4S2/c1-11-4-3-5-13(8-11)18-10-14(22-16(18)19)9-17-24(20,21)15-7-6-12(2)23-15/h3-8,14,17H,9-10H2,1-2H3. The van der Waals surface area contributed by atoms with Crippen molar-refractivity contribution in [3.05, 3.63) is 46.8 Å². The Labute approximate surface area is 145 Å². The number of thiophene rings is 1. The lowest BCUT2D eigenvalue weighted by Gasteiger charge is -2.13. The Bertz CT molecular complexity index is 860. The van der Waals surface area contributed by atoms with Crippen molar-refractivity contribution in [1.29, 1.82) is 0 Å². The monoisotopic (exact) mass is 366 g/mol. The third-order valence-electron chi connectivity index (χ3n) is 3.67. The molecule has 3 rings (SSSR count). The minimum absolute atomic E-state index is 0.0489. The summed E-state index contributed by atoms with van der Waals surface area (Å²) in [6, 6.07) is 10.9. The lowest BCUT2D eigenvalue weighted by atomic mass is 10.2. The van der Waals surface area contributed by atoms with E-state index in [4.69, 9.17) is 4.74 Å². The Morgan fingerprint density at radius 2 is 2.08 bits per heavy atom. The summed E-state index contributed by atoms with van der Waals surface area (Å²) in [6.45, 7) is 4.16. The fourth-order valence-corrected chi connectivity index (χ4v) is 4.86. The molecule has 8 heteroatoms. The van der Waals surface area contributed by atoms with Gasteiger partial charge in [0.1, 0.15) is 10.3 Å². The zero-order valence-electron chi connectivity index (χ0n) is 13.4. The molecule has 0 saturated carbocycles. The predicted molar refractivity (Wildman–Crippen MR) is 93.0 cm³/mol. The van der Waals surface area contributed by atoms with E-state index < -0.39 is 22.2 Å². The second-order valence-corrected chi connectivity index (χ2v) is 8.95. The summed E-state index contributed by atoms with van der Waals surface area (Å²) in [4.78, 5) is 14.5. The smallest absolute Gasteiger partial charge is 0.414 e. The van der Waals surface area contributed by atoms with Crippen LogP contribution in [0, 0.1) is 13.8 Å². The number of carbonyl (C=O) groups is 1. The molecule has 1 unspecified atom stereocenters. The largest absolute Gasteiger partial charge is 0.443 e. The van der Waals surface area contributed by atoms with Crippen LogP contribution in [-0.4, -0.2) is 33.7 Å². The molecule has 2 aromatic rings. The van der Waals surface area contributed by atoms with Crippen molar-refractivity contribution in [3.63, 3.8) is 0 Å². The number of amides is 1. The number of hydrogen-bond acceptors (Lipinski definition) is 5.